The van der Waals surface area contributed by atoms with Crippen LogP contribution in [0.5, 0.6) is 0 Å². The van der Waals surface area contributed by atoms with Gasteiger partial charge in [0, 0.05) is 12.0 Å². The Kier molecular flexibility index (Phi) is 3.81. The van der Waals surface area contributed by atoms with Crippen LogP contribution in [0.3, 0.4) is 0 Å². The minimum Gasteiger partial charge on any atom is -0.339 e. The summed E-state index contributed by atoms with van der Waals surface area (Å²) in [7, 11) is 0. The van der Waals surface area contributed by atoms with Crippen molar-refractivity contribution >= 4 is 23.7 Å². The van der Waals surface area contributed by atoms with E-state index in [-0.39, 0.29) is 12.4 Å². The number of hydrogen-bond donors (Lipinski definition) is 1. The molecule has 1 aliphatic carbocycles. The molecule has 2 N–H and O–H groups in total. The molecule has 1 saturated carbocycles. The fraction of sp³-hybridized carbons (Fsp3) is 0.455. The van der Waals surface area contributed by atoms with Crippen LogP contribution in [0.15, 0.2) is 22.0 Å². The third kappa shape index (κ3) is 2.51. The van der Waals surface area contributed by atoms with Gasteiger partial charge in [-0.25, -0.2) is 0 Å². The van der Waals surface area contributed by atoms with Gasteiger partial charge in [0.05, 0.1) is 4.88 Å². The molecule has 92 valence electrons. The van der Waals surface area contributed by atoms with Gasteiger partial charge < -0.3 is 10.3 Å². The van der Waals surface area contributed by atoms with Crippen LogP contribution in [-0.4, -0.2) is 16.2 Å². The van der Waals surface area contributed by atoms with Crippen LogP contribution in [0.2, 0.25) is 0 Å². The Balaban J connectivity index is 0.00000108. The highest BCUT2D eigenvalue weighted by Crippen LogP contribution is 2.33. The van der Waals surface area contributed by atoms with E-state index in [1.807, 2.05) is 17.5 Å². The molecule has 4 nitrogen and oxygen atoms in total. The van der Waals surface area contributed by atoms with E-state index in [0.29, 0.717) is 17.8 Å². The van der Waals surface area contributed by atoms with Crippen molar-refractivity contribution in [1.29, 1.82) is 0 Å². The lowest BCUT2D eigenvalue weighted by molar-refractivity contribution is 0.353. The van der Waals surface area contributed by atoms with Gasteiger partial charge >= 0.3 is 0 Å². The molecule has 0 saturated heterocycles. The van der Waals surface area contributed by atoms with Gasteiger partial charge in [0.25, 0.3) is 0 Å². The lowest BCUT2D eigenvalue weighted by Gasteiger charge is -2.01. The molecule has 0 amide bonds. The minimum absolute atomic E-state index is 0. The first-order valence-electron chi connectivity index (χ1n) is 5.46. The van der Waals surface area contributed by atoms with E-state index >= 15 is 0 Å². The Morgan fingerprint density at radius 2 is 2.29 bits per heavy atom. The summed E-state index contributed by atoms with van der Waals surface area (Å²) in [5.74, 6) is 1.80. The zero-order chi connectivity index (χ0) is 11.0. The zero-order valence-electron chi connectivity index (χ0n) is 9.20. The SMILES string of the molecule is Cl.NC1CCC(c2nc(-c3cccs3)no2)C1. The molecule has 6 heteroatoms. The summed E-state index contributed by atoms with van der Waals surface area (Å²) in [5.41, 5.74) is 5.88. The van der Waals surface area contributed by atoms with Crippen LogP contribution < -0.4 is 5.73 Å². The Morgan fingerprint density at radius 1 is 1.41 bits per heavy atom. The standard InChI is InChI=1S/C11H13N3OS.ClH/c12-8-4-3-7(6-8)11-13-10(14-15-11)9-2-1-5-16-9;/h1-2,5,7-8H,3-4,6,12H2;1H. The first-order chi connectivity index (χ1) is 7.83. The zero-order valence-corrected chi connectivity index (χ0v) is 10.8. The van der Waals surface area contributed by atoms with Crippen LogP contribution in [-0.2, 0) is 0 Å². The number of hydrogen-bond acceptors (Lipinski definition) is 5. The summed E-state index contributed by atoms with van der Waals surface area (Å²) in [6.45, 7) is 0. The lowest BCUT2D eigenvalue weighted by atomic mass is 10.1. The average Bonchev–Trinajstić information content (AvgIpc) is 2.97. The molecule has 2 heterocycles. The van der Waals surface area contributed by atoms with Crippen LogP contribution in [0.1, 0.15) is 31.1 Å². The van der Waals surface area contributed by atoms with Crippen LogP contribution in [0, 0.1) is 0 Å². The topological polar surface area (TPSA) is 64.9 Å². The quantitative estimate of drug-likeness (QED) is 0.912. The van der Waals surface area contributed by atoms with E-state index in [2.05, 4.69) is 10.1 Å². The second kappa shape index (κ2) is 5.16. The number of rotatable bonds is 2. The van der Waals surface area contributed by atoms with Gasteiger partial charge in [-0.05, 0) is 30.7 Å². The number of nitrogens with two attached hydrogens (primary N) is 1. The maximum Gasteiger partial charge on any atom is 0.230 e. The minimum atomic E-state index is 0. The second-order valence-corrected chi connectivity index (χ2v) is 5.15. The molecule has 2 aromatic rings. The molecule has 0 aliphatic heterocycles. The van der Waals surface area contributed by atoms with Gasteiger partial charge in [-0.15, -0.1) is 23.7 Å². The van der Waals surface area contributed by atoms with E-state index in [4.69, 9.17) is 10.3 Å². The molecular weight excluding hydrogens is 258 g/mol. The van der Waals surface area contributed by atoms with Crippen LogP contribution in [0.4, 0.5) is 0 Å². The predicted molar refractivity (Wildman–Crippen MR) is 69.4 cm³/mol. The summed E-state index contributed by atoms with van der Waals surface area (Å²) in [5, 5.41) is 6.02. The highest BCUT2D eigenvalue weighted by Gasteiger charge is 2.28. The van der Waals surface area contributed by atoms with Crippen molar-refractivity contribution in [1.82, 2.24) is 10.1 Å². The second-order valence-electron chi connectivity index (χ2n) is 4.20. The first kappa shape index (κ1) is 12.5. The fourth-order valence-corrected chi connectivity index (χ4v) is 2.80. The summed E-state index contributed by atoms with van der Waals surface area (Å²) < 4.78 is 5.31. The Labute approximate surface area is 110 Å². The molecule has 17 heavy (non-hydrogen) atoms. The van der Waals surface area contributed by atoms with Crippen molar-refractivity contribution in [3.8, 4) is 10.7 Å². The number of halogens is 1. The normalized spacial score (nSPS) is 23.6. The van der Waals surface area contributed by atoms with Gasteiger partial charge in [0.15, 0.2) is 0 Å². The number of thiophene rings is 1. The smallest absolute Gasteiger partial charge is 0.230 e. The van der Waals surface area contributed by atoms with Gasteiger partial charge in [0.2, 0.25) is 11.7 Å². The molecule has 0 radical (unpaired) electrons. The molecule has 1 fully saturated rings. The van der Waals surface area contributed by atoms with Crippen molar-refractivity contribution in [3.05, 3.63) is 23.4 Å². The highest BCUT2D eigenvalue weighted by molar-refractivity contribution is 7.13. The van der Waals surface area contributed by atoms with Crippen LogP contribution in [0.25, 0.3) is 10.7 Å². The third-order valence-corrected chi connectivity index (χ3v) is 3.87. The first-order valence-corrected chi connectivity index (χ1v) is 6.34. The number of aromatic nitrogens is 2. The van der Waals surface area contributed by atoms with E-state index in [1.165, 1.54) is 0 Å². The van der Waals surface area contributed by atoms with Crippen LogP contribution >= 0.6 is 23.7 Å². The molecule has 2 atom stereocenters. The molecule has 0 spiro atoms. The largest absolute Gasteiger partial charge is 0.339 e. The summed E-state index contributed by atoms with van der Waals surface area (Å²) in [6, 6.07) is 4.28. The third-order valence-electron chi connectivity index (χ3n) is 3.01. The van der Waals surface area contributed by atoms with E-state index in [9.17, 15) is 0 Å². The van der Waals surface area contributed by atoms with E-state index < -0.39 is 0 Å². The van der Waals surface area contributed by atoms with E-state index in [1.54, 1.807) is 11.3 Å². The van der Waals surface area contributed by atoms with Crippen molar-refractivity contribution in [2.75, 3.05) is 0 Å². The maximum absolute atomic E-state index is 5.88. The van der Waals surface area contributed by atoms with Crippen molar-refractivity contribution < 1.29 is 4.52 Å². The molecule has 0 bridgehead atoms. The summed E-state index contributed by atoms with van der Waals surface area (Å²) in [4.78, 5) is 5.50. The van der Waals surface area contributed by atoms with Gasteiger partial charge in [-0.3, -0.25) is 0 Å². The maximum atomic E-state index is 5.88. The van der Waals surface area contributed by atoms with Crippen molar-refractivity contribution in [3.63, 3.8) is 0 Å². The van der Waals surface area contributed by atoms with Gasteiger partial charge in [-0.2, -0.15) is 4.98 Å². The lowest BCUT2D eigenvalue weighted by Crippen LogP contribution is -2.14. The van der Waals surface area contributed by atoms with Gasteiger partial charge in [0.1, 0.15) is 0 Å². The Morgan fingerprint density at radius 3 is 2.94 bits per heavy atom. The Bertz CT molecular complexity index is 471. The fourth-order valence-electron chi connectivity index (χ4n) is 2.15. The van der Waals surface area contributed by atoms with Crippen molar-refractivity contribution in [2.45, 2.75) is 31.2 Å². The summed E-state index contributed by atoms with van der Waals surface area (Å²) >= 11 is 1.62. The van der Waals surface area contributed by atoms with Crippen molar-refractivity contribution in [2.24, 2.45) is 5.73 Å². The number of nitrogens with zero attached hydrogens (tertiary/aromatic N) is 2. The molecule has 3 rings (SSSR count). The summed E-state index contributed by atoms with van der Waals surface area (Å²) in [6.07, 6.45) is 3.08. The average molecular weight is 272 g/mol. The highest BCUT2D eigenvalue weighted by atomic mass is 35.5. The predicted octanol–water partition coefficient (Wildman–Crippen LogP) is 2.81. The molecular formula is C11H14ClN3OS. The van der Waals surface area contributed by atoms with E-state index in [0.717, 1.165) is 30.0 Å². The Hall–Kier alpha value is -0.910. The molecule has 0 aromatic carbocycles. The molecule has 2 aromatic heterocycles. The monoisotopic (exact) mass is 271 g/mol. The van der Waals surface area contributed by atoms with Gasteiger partial charge in [-0.1, -0.05) is 11.2 Å². The molecule has 2 unspecified atom stereocenters. The molecule has 1 aliphatic rings.